The zero-order valence-electron chi connectivity index (χ0n) is 14.5. The summed E-state index contributed by atoms with van der Waals surface area (Å²) in [5.74, 6) is 0.0280. The van der Waals surface area contributed by atoms with Gasteiger partial charge in [-0.25, -0.2) is 9.97 Å². The normalized spacial score (nSPS) is 14.7. The molecule has 2 heterocycles. The summed E-state index contributed by atoms with van der Waals surface area (Å²) in [6.07, 6.45) is 8.17. The molecule has 0 spiro atoms. The molecule has 2 aromatic heterocycles. The topological polar surface area (TPSA) is 89.3 Å². The van der Waals surface area contributed by atoms with Gasteiger partial charge in [0.05, 0.1) is 19.0 Å². The quantitative estimate of drug-likeness (QED) is 0.701. The Kier molecular flexibility index (Phi) is 4.20. The molecular weight excluding hydrogens is 332 g/mol. The standard InChI is InChI=1S/C19H20N4O3/c1-26-17-9-13(6-7-16(17)24)22-19(25)12-8-15-18(20-10-12)23(11-21-15)14-4-2-3-5-14/h6-11,14,24H,2-5H2,1H3,(H,22,25). The number of benzene rings is 1. The van der Waals surface area contributed by atoms with Gasteiger partial charge in [-0.15, -0.1) is 0 Å². The molecule has 2 N–H and O–H groups in total. The van der Waals surface area contributed by atoms with Crippen LogP contribution in [0.15, 0.2) is 36.8 Å². The number of phenols is 1. The predicted molar refractivity (Wildman–Crippen MR) is 97.6 cm³/mol. The number of carbonyl (C=O) groups is 1. The van der Waals surface area contributed by atoms with E-state index < -0.39 is 0 Å². The molecule has 1 aliphatic rings. The number of nitrogens with zero attached hydrogens (tertiary/aromatic N) is 3. The van der Waals surface area contributed by atoms with E-state index in [1.165, 1.54) is 26.0 Å². The number of aromatic hydroxyl groups is 1. The second kappa shape index (κ2) is 6.67. The Morgan fingerprint density at radius 1 is 1.27 bits per heavy atom. The molecule has 4 rings (SSSR count). The Bertz CT molecular complexity index is 961. The zero-order chi connectivity index (χ0) is 18.1. The van der Waals surface area contributed by atoms with Crippen molar-refractivity contribution in [3.8, 4) is 11.5 Å². The average molecular weight is 352 g/mol. The van der Waals surface area contributed by atoms with Gasteiger partial charge in [0.2, 0.25) is 0 Å². The number of anilines is 1. The van der Waals surface area contributed by atoms with Gasteiger partial charge < -0.3 is 19.7 Å². The van der Waals surface area contributed by atoms with E-state index >= 15 is 0 Å². The fraction of sp³-hybridized carbons (Fsp3) is 0.316. The summed E-state index contributed by atoms with van der Waals surface area (Å²) in [6.45, 7) is 0. The van der Waals surface area contributed by atoms with Crippen molar-refractivity contribution in [3.63, 3.8) is 0 Å². The van der Waals surface area contributed by atoms with Crippen molar-refractivity contribution in [3.05, 3.63) is 42.4 Å². The number of phenolic OH excluding ortho intramolecular Hbond substituents is 1. The zero-order valence-corrected chi connectivity index (χ0v) is 14.5. The minimum Gasteiger partial charge on any atom is -0.504 e. The van der Waals surface area contributed by atoms with Crippen LogP contribution in [0, 0.1) is 0 Å². The van der Waals surface area contributed by atoms with E-state index in [4.69, 9.17) is 4.74 Å². The van der Waals surface area contributed by atoms with E-state index in [0.717, 1.165) is 18.5 Å². The van der Waals surface area contributed by atoms with Gasteiger partial charge in [0, 0.05) is 24.0 Å². The third kappa shape index (κ3) is 2.96. The molecular formula is C19H20N4O3. The minimum absolute atomic E-state index is 0.0195. The van der Waals surface area contributed by atoms with Gasteiger partial charge in [0.15, 0.2) is 17.1 Å². The van der Waals surface area contributed by atoms with Crippen molar-refractivity contribution in [1.29, 1.82) is 0 Å². The summed E-state index contributed by atoms with van der Waals surface area (Å²) < 4.78 is 7.18. The van der Waals surface area contributed by atoms with Crippen LogP contribution in [0.1, 0.15) is 42.1 Å². The highest BCUT2D eigenvalue weighted by Crippen LogP contribution is 2.32. The third-order valence-electron chi connectivity index (χ3n) is 4.83. The molecule has 0 atom stereocenters. The number of hydrogen-bond acceptors (Lipinski definition) is 5. The molecule has 1 aromatic carbocycles. The van der Waals surface area contributed by atoms with Gasteiger partial charge in [0.1, 0.15) is 5.52 Å². The molecule has 0 saturated heterocycles. The summed E-state index contributed by atoms with van der Waals surface area (Å²) in [5, 5.41) is 12.4. The molecule has 0 unspecified atom stereocenters. The lowest BCUT2D eigenvalue weighted by Gasteiger charge is -2.11. The molecule has 0 radical (unpaired) electrons. The van der Waals surface area contributed by atoms with Crippen LogP contribution in [0.5, 0.6) is 11.5 Å². The maximum absolute atomic E-state index is 12.5. The van der Waals surface area contributed by atoms with Gasteiger partial charge in [-0.2, -0.15) is 0 Å². The van der Waals surface area contributed by atoms with Crippen LogP contribution in [-0.2, 0) is 0 Å². The van der Waals surface area contributed by atoms with Crippen molar-refractivity contribution < 1.29 is 14.6 Å². The fourth-order valence-electron chi connectivity index (χ4n) is 3.45. The average Bonchev–Trinajstić information content (AvgIpc) is 3.31. The summed E-state index contributed by atoms with van der Waals surface area (Å²) in [5.41, 5.74) is 2.50. The molecule has 1 fully saturated rings. The predicted octanol–water partition coefficient (Wildman–Crippen LogP) is 3.51. The number of hydrogen-bond donors (Lipinski definition) is 2. The third-order valence-corrected chi connectivity index (χ3v) is 4.83. The highest BCUT2D eigenvalue weighted by molar-refractivity contribution is 6.05. The Morgan fingerprint density at radius 3 is 2.85 bits per heavy atom. The van der Waals surface area contributed by atoms with Crippen molar-refractivity contribution in [2.75, 3.05) is 12.4 Å². The number of fused-ring (bicyclic) bond motifs is 1. The molecule has 7 heteroatoms. The van der Waals surface area contributed by atoms with Crippen LogP contribution in [-0.4, -0.2) is 32.7 Å². The van der Waals surface area contributed by atoms with Gasteiger partial charge in [-0.3, -0.25) is 4.79 Å². The molecule has 1 saturated carbocycles. The molecule has 26 heavy (non-hydrogen) atoms. The number of pyridine rings is 1. The van der Waals surface area contributed by atoms with E-state index in [1.807, 2.05) is 6.33 Å². The Morgan fingerprint density at radius 2 is 2.08 bits per heavy atom. The summed E-state index contributed by atoms with van der Waals surface area (Å²) in [6, 6.07) is 6.85. The second-order valence-corrected chi connectivity index (χ2v) is 6.50. The lowest BCUT2D eigenvalue weighted by atomic mass is 10.2. The molecule has 134 valence electrons. The largest absolute Gasteiger partial charge is 0.504 e. The summed E-state index contributed by atoms with van der Waals surface area (Å²) in [4.78, 5) is 21.4. The molecule has 1 aliphatic carbocycles. The maximum atomic E-state index is 12.5. The Labute approximate surface area is 150 Å². The van der Waals surface area contributed by atoms with Crippen LogP contribution in [0.25, 0.3) is 11.2 Å². The van der Waals surface area contributed by atoms with Gasteiger partial charge in [-0.05, 0) is 31.0 Å². The number of nitrogens with one attached hydrogen (secondary N) is 1. The Hall–Kier alpha value is -3.09. The summed E-state index contributed by atoms with van der Waals surface area (Å²) in [7, 11) is 1.46. The lowest BCUT2D eigenvalue weighted by molar-refractivity contribution is 0.102. The lowest BCUT2D eigenvalue weighted by Crippen LogP contribution is -2.12. The highest BCUT2D eigenvalue weighted by Gasteiger charge is 2.20. The fourth-order valence-corrected chi connectivity index (χ4v) is 3.45. The summed E-state index contributed by atoms with van der Waals surface area (Å²) >= 11 is 0. The first kappa shape index (κ1) is 16.4. The van der Waals surface area contributed by atoms with E-state index in [2.05, 4.69) is 19.9 Å². The first-order valence-corrected chi connectivity index (χ1v) is 8.66. The van der Waals surface area contributed by atoms with Crippen LogP contribution >= 0.6 is 0 Å². The number of imidazole rings is 1. The number of carbonyl (C=O) groups excluding carboxylic acids is 1. The van der Waals surface area contributed by atoms with Crippen molar-refractivity contribution in [2.45, 2.75) is 31.7 Å². The van der Waals surface area contributed by atoms with Gasteiger partial charge in [-0.1, -0.05) is 12.8 Å². The number of rotatable bonds is 4. The maximum Gasteiger partial charge on any atom is 0.257 e. The molecule has 7 nitrogen and oxygen atoms in total. The number of aromatic nitrogens is 3. The van der Waals surface area contributed by atoms with Crippen molar-refractivity contribution >= 4 is 22.8 Å². The first-order valence-electron chi connectivity index (χ1n) is 8.66. The highest BCUT2D eigenvalue weighted by atomic mass is 16.5. The van der Waals surface area contributed by atoms with Crippen molar-refractivity contribution in [1.82, 2.24) is 14.5 Å². The molecule has 0 aliphatic heterocycles. The van der Waals surface area contributed by atoms with Gasteiger partial charge >= 0.3 is 0 Å². The number of ether oxygens (including phenoxy) is 1. The van der Waals surface area contributed by atoms with Gasteiger partial charge in [0.25, 0.3) is 5.91 Å². The van der Waals surface area contributed by atoms with Crippen LogP contribution in [0.4, 0.5) is 5.69 Å². The minimum atomic E-state index is -0.289. The van der Waals surface area contributed by atoms with Crippen LogP contribution < -0.4 is 10.1 Å². The van der Waals surface area contributed by atoms with Crippen LogP contribution in [0.2, 0.25) is 0 Å². The smallest absolute Gasteiger partial charge is 0.257 e. The van der Waals surface area contributed by atoms with E-state index in [-0.39, 0.29) is 11.7 Å². The van der Waals surface area contributed by atoms with E-state index in [0.29, 0.717) is 28.6 Å². The number of amides is 1. The van der Waals surface area contributed by atoms with Crippen molar-refractivity contribution in [2.24, 2.45) is 0 Å². The molecule has 1 amide bonds. The molecule has 3 aromatic rings. The van der Waals surface area contributed by atoms with Crippen LogP contribution in [0.3, 0.4) is 0 Å². The Balaban J connectivity index is 1.57. The SMILES string of the molecule is COc1cc(NC(=O)c2cnc3c(c2)ncn3C2CCCC2)ccc1O. The second-order valence-electron chi connectivity index (χ2n) is 6.50. The first-order chi connectivity index (χ1) is 12.7. The molecule has 0 bridgehead atoms. The van der Waals surface area contributed by atoms with E-state index in [9.17, 15) is 9.90 Å². The number of methoxy groups -OCH3 is 1. The van der Waals surface area contributed by atoms with E-state index in [1.54, 1.807) is 24.4 Å². The monoisotopic (exact) mass is 352 g/mol.